The molecule has 0 aliphatic heterocycles. The molecule has 0 aromatic carbocycles. The van der Waals surface area contributed by atoms with E-state index in [4.69, 9.17) is 5.11 Å². The monoisotopic (exact) mass is 262 g/mol. The molecule has 4 heteroatoms. The predicted octanol–water partition coefficient (Wildman–Crippen LogP) is 3.43. The Kier molecular flexibility index (Phi) is 3.58. The van der Waals surface area contributed by atoms with Crippen molar-refractivity contribution in [2.45, 2.75) is 63.8 Å². The van der Waals surface area contributed by atoms with Gasteiger partial charge in [0.25, 0.3) is 0 Å². The first-order chi connectivity index (χ1) is 9.24. The molecule has 1 aromatic rings. The van der Waals surface area contributed by atoms with E-state index in [2.05, 4.69) is 5.10 Å². The molecular weight excluding hydrogens is 240 g/mol. The second kappa shape index (κ2) is 5.35. The van der Waals surface area contributed by atoms with Gasteiger partial charge in [0, 0.05) is 18.2 Å². The fourth-order valence-electron chi connectivity index (χ4n) is 3.20. The topological polar surface area (TPSA) is 55.1 Å². The van der Waals surface area contributed by atoms with Crippen LogP contribution in [0.15, 0.2) is 6.07 Å². The van der Waals surface area contributed by atoms with Crippen LogP contribution in [-0.2, 0) is 6.54 Å². The van der Waals surface area contributed by atoms with Crippen molar-refractivity contribution in [3.05, 3.63) is 17.5 Å². The van der Waals surface area contributed by atoms with E-state index in [9.17, 15) is 4.79 Å². The summed E-state index contributed by atoms with van der Waals surface area (Å²) in [6, 6.07) is 1.78. The molecule has 0 spiro atoms. The highest BCUT2D eigenvalue weighted by atomic mass is 16.4. The van der Waals surface area contributed by atoms with Crippen molar-refractivity contribution in [2.75, 3.05) is 0 Å². The van der Waals surface area contributed by atoms with Gasteiger partial charge in [-0.25, -0.2) is 4.79 Å². The second-order valence-electron chi connectivity index (χ2n) is 6.05. The van der Waals surface area contributed by atoms with Crippen LogP contribution in [0.2, 0.25) is 0 Å². The van der Waals surface area contributed by atoms with Gasteiger partial charge in [-0.2, -0.15) is 5.10 Å². The highest BCUT2D eigenvalue weighted by Gasteiger charge is 2.29. The van der Waals surface area contributed by atoms with Gasteiger partial charge in [-0.1, -0.05) is 32.1 Å². The number of aryl methyl sites for hydroxylation is 1. The van der Waals surface area contributed by atoms with Crippen molar-refractivity contribution in [1.82, 2.24) is 9.78 Å². The van der Waals surface area contributed by atoms with E-state index in [0.29, 0.717) is 5.92 Å². The number of aromatic carboxylic acids is 1. The molecule has 0 unspecified atom stereocenters. The van der Waals surface area contributed by atoms with Gasteiger partial charge in [-0.15, -0.1) is 0 Å². The van der Waals surface area contributed by atoms with Crippen LogP contribution in [0.25, 0.3) is 0 Å². The third-order valence-electron chi connectivity index (χ3n) is 4.50. The van der Waals surface area contributed by atoms with Gasteiger partial charge >= 0.3 is 5.97 Å². The third-order valence-corrected chi connectivity index (χ3v) is 4.50. The normalized spacial score (nSPS) is 20.6. The minimum absolute atomic E-state index is 0.213. The summed E-state index contributed by atoms with van der Waals surface area (Å²) in [5, 5.41) is 13.3. The molecule has 0 saturated heterocycles. The molecule has 0 bridgehead atoms. The number of carboxylic acid groups (broad SMARTS) is 1. The molecule has 2 aliphatic carbocycles. The Balaban J connectivity index is 1.66. The van der Waals surface area contributed by atoms with E-state index in [0.717, 1.165) is 24.6 Å². The number of carbonyl (C=O) groups is 1. The fraction of sp³-hybridized carbons (Fsp3) is 0.733. The van der Waals surface area contributed by atoms with Gasteiger partial charge in [-0.3, -0.25) is 4.68 Å². The molecule has 2 aliphatic rings. The lowest BCUT2D eigenvalue weighted by molar-refractivity contribution is 0.0689. The molecule has 0 atom stereocenters. The zero-order valence-corrected chi connectivity index (χ0v) is 11.3. The van der Waals surface area contributed by atoms with E-state index < -0.39 is 5.97 Å². The summed E-state index contributed by atoms with van der Waals surface area (Å²) >= 11 is 0. The van der Waals surface area contributed by atoms with E-state index in [-0.39, 0.29) is 5.69 Å². The molecule has 1 heterocycles. The second-order valence-corrected chi connectivity index (χ2v) is 6.05. The quantitative estimate of drug-likeness (QED) is 0.884. The predicted molar refractivity (Wildman–Crippen MR) is 72.4 cm³/mol. The maximum Gasteiger partial charge on any atom is 0.356 e. The van der Waals surface area contributed by atoms with Gasteiger partial charge in [0.1, 0.15) is 0 Å². The Hall–Kier alpha value is -1.32. The Labute approximate surface area is 113 Å². The van der Waals surface area contributed by atoms with Gasteiger partial charge in [0.15, 0.2) is 5.69 Å². The van der Waals surface area contributed by atoms with Crippen LogP contribution in [0.4, 0.5) is 0 Å². The maximum atomic E-state index is 11.0. The Morgan fingerprint density at radius 1 is 1.26 bits per heavy atom. The first-order valence-electron chi connectivity index (χ1n) is 7.55. The summed E-state index contributed by atoms with van der Waals surface area (Å²) in [7, 11) is 0. The van der Waals surface area contributed by atoms with Crippen molar-refractivity contribution < 1.29 is 9.90 Å². The number of hydrogen-bond donors (Lipinski definition) is 1. The molecule has 104 valence electrons. The minimum atomic E-state index is -0.904. The lowest BCUT2D eigenvalue weighted by atomic mass is 9.87. The largest absolute Gasteiger partial charge is 0.476 e. The molecule has 0 amide bonds. The molecule has 0 radical (unpaired) electrons. The first kappa shape index (κ1) is 12.7. The minimum Gasteiger partial charge on any atom is -0.476 e. The first-order valence-corrected chi connectivity index (χ1v) is 7.55. The Bertz CT molecular complexity index is 457. The number of nitrogens with zero attached hydrogens (tertiary/aromatic N) is 2. The smallest absolute Gasteiger partial charge is 0.356 e. The average molecular weight is 262 g/mol. The van der Waals surface area contributed by atoms with E-state index in [1.54, 1.807) is 6.07 Å². The van der Waals surface area contributed by atoms with Gasteiger partial charge < -0.3 is 5.11 Å². The standard InChI is InChI=1S/C15H22N2O2/c18-15(19)13-10-14(12-6-7-12)17(16-13)9-8-11-4-2-1-3-5-11/h10-12H,1-9H2,(H,18,19). The summed E-state index contributed by atoms with van der Waals surface area (Å²) < 4.78 is 1.97. The summed E-state index contributed by atoms with van der Waals surface area (Å²) in [6.07, 6.45) is 10.3. The average Bonchev–Trinajstić information content (AvgIpc) is 3.17. The maximum absolute atomic E-state index is 11.0. The lowest BCUT2D eigenvalue weighted by Crippen LogP contribution is -2.12. The highest BCUT2D eigenvalue weighted by molar-refractivity contribution is 5.85. The zero-order valence-electron chi connectivity index (χ0n) is 11.3. The molecule has 19 heavy (non-hydrogen) atoms. The summed E-state index contributed by atoms with van der Waals surface area (Å²) in [5.41, 5.74) is 1.36. The van der Waals surface area contributed by atoms with Crippen molar-refractivity contribution in [1.29, 1.82) is 0 Å². The third kappa shape index (κ3) is 2.99. The van der Waals surface area contributed by atoms with Crippen molar-refractivity contribution in [2.24, 2.45) is 5.92 Å². The van der Waals surface area contributed by atoms with E-state index in [1.165, 1.54) is 44.9 Å². The fourth-order valence-corrected chi connectivity index (χ4v) is 3.20. The van der Waals surface area contributed by atoms with Gasteiger partial charge in [0.05, 0.1) is 0 Å². The SMILES string of the molecule is O=C(O)c1cc(C2CC2)n(CCC2CCCCC2)n1. The number of aromatic nitrogens is 2. The van der Waals surface area contributed by atoms with Crippen LogP contribution in [-0.4, -0.2) is 20.9 Å². The molecule has 4 nitrogen and oxygen atoms in total. The molecule has 1 N–H and O–H groups in total. The molecule has 2 saturated carbocycles. The van der Waals surface area contributed by atoms with Crippen LogP contribution in [0.1, 0.15) is 73.5 Å². The van der Waals surface area contributed by atoms with Gasteiger partial charge in [-0.05, 0) is 31.2 Å². The Morgan fingerprint density at radius 3 is 2.63 bits per heavy atom. The van der Waals surface area contributed by atoms with Crippen LogP contribution in [0, 0.1) is 5.92 Å². The van der Waals surface area contributed by atoms with Crippen LogP contribution < -0.4 is 0 Å². The van der Waals surface area contributed by atoms with E-state index in [1.807, 2.05) is 4.68 Å². The van der Waals surface area contributed by atoms with Crippen molar-refractivity contribution in [3.8, 4) is 0 Å². The number of carboxylic acids is 1. The summed E-state index contributed by atoms with van der Waals surface area (Å²) in [5.74, 6) is 0.476. The number of rotatable bonds is 5. The Morgan fingerprint density at radius 2 is 2.00 bits per heavy atom. The molecule has 1 aromatic heterocycles. The molecule has 3 rings (SSSR count). The zero-order chi connectivity index (χ0) is 13.2. The van der Waals surface area contributed by atoms with Crippen LogP contribution in [0.5, 0.6) is 0 Å². The summed E-state index contributed by atoms with van der Waals surface area (Å²) in [6.45, 7) is 0.893. The van der Waals surface area contributed by atoms with Crippen LogP contribution in [0.3, 0.4) is 0 Å². The highest BCUT2D eigenvalue weighted by Crippen LogP contribution is 2.40. The molecule has 2 fully saturated rings. The van der Waals surface area contributed by atoms with E-state index >= 15 is 0 Å². The van der Waals surface area contributed by atoms with Gasteiger partial charge in [0.2, 0.25) is 0 Å². The summed E-state index contributed by atoms with van der Waals surface area (Å²) in [4.78, 5) is 11.0. The molecular formula is C15H22N2O2. The van der Waals surface area contributed by atoms with Crippen LogP contribution >= 0.6 is 0 Å². The lowest BCUT2D eigenvalue weighted by Gasteiger charge is -2.21. The number of hydrogen-bond acceptors (Lipinski definition) is 2. The van der Waals surface area contributed by atoms with Crippen molar-refractivity contribution in [3.63, 3.8) is 0 Å². The van der Waals surface area contributed by atoms with Crippen molar-refractivity contribution >= 4 is 5.97 Å².